The van der Waals surface area contributed by atoms with Crippen LogP contribution in [-0.4, -0.2) is 11.6 Å². The second-order valence-corrected chi connectivity index (χ2v) is 8.05. The topological polar surface area (TPSA) is 34.1 Å². The Balaban J connectivity index is 1.77. The van der Waals surface area contributed by atoms with E-state index in [0.29, 0.717) is 24.0 Å². The van der Waals surface area contributed by atoms with Crippen molar-refractivity contribution in [3.8, 4) is 0 Å². The van der Waals surface area contributed by atoms with E-state index in [0.717, 1.165) is 11.1 Å². The van der Waals surface area contributed by atoms with Crippen LogP contribution in [0.4, 0.5) is 0 Å². The molecule has 0 radical (unpaired) electrons. The van der Waals surface area contributed by atoms with E-state index in [1.54, 1.807) is 0 Å². The van der Waals surface area contributed by atoms with E-state index >= 15 is 0 Å². The highest BCUT2D eigenvalue weighted by atomic mass is 16.1. The van der Waals surface area contributed by atoms with Gasteiger partial charge in [-0.15, -0.1) is 0 Å². The number of Topliss-reactive ketones (excluding diaryl/α,β-unsaturated/α-hetero) is 2. The lowest BCUT2D eigenvalue weighted by atomic mass is 9.75. The lowest BCUT2D eigenvalue weighted by molar-refractivity contribution is 0.0763. The normalized spacial score (nSPS) is 12.6. The summed E-state index contributed by atoms with van der Waals surface area (Å²) in [4.78, 5) is 27.5. The van der Waals surface area contributed by atoms with Crippen molar-refractivity contribution in [1.29, 1.82) is 0 Å². The number of benzene rings is 4. The fourth-order valence-corrected chi connectivity index (χ4v) is 4.20. The monoisotopic (exact) mass is 418 g/mol. The van der Waals surface area contributed by atoms with Crippen LogP contribution in [0.15, 0.2) is 121 Å². The SMILES string of the molecule is O=C(c1ccccc1)C(Cc1ccccc1)C(Cc1ccccc1)C(=O)c1ccccc1. The maximum absolute atomic E-state index is 13.8. The summed E-state index contributed by atoms with van der Waals surface area (Å²) in [6, 6.07) is 38.6. The summed E-state index contributed by atoms with van der Waals surface area (Å²) in [6.07, 6.45) is 1.04. The van der Waals surface area contributed by atoms with Gasteiger partial charge in [-0.1, -0.05) is 121 Å². The number of carbonyl (C=O) groups excluding carboxylic acids is 2. The highest BCUT2D eigenvalue weighted by Crippen LogP contribution is 2.29. The number of ketones is 2. The van der Waals surface area contributed by atoms with Crippen LogP contribution in [0.2, 0.25) is 0 Å². The summed E-state index contributed by atoms with van der Waals surface area (Å²) in [7, 11) is 0. The first-order valence-corrected chi connectivity index (χ1v) is 11.0. The molecular formula is C30H26O2. The Hall–Kier alpha value is -3.78. The van der Waals surface area contributed by atoms with Gasteiger partial charge in [-0.25, -0.2) is 0 Å². The standard InChI is InChI=1S/C30H26O2/c31-29(25-17-9-3-10-18-25)27(21-23-13-5-1-6-14-23)28(22-24-15-7-2-8-16-24)30(32)26-19-11-4-12-20-26/h1-20,27-28H,21-22H2. The lowest BCUT2D eigenvalue weighted by Gasteiger charge is -2.26. The third kappa shape index (κ3) is 5.28. The molecule has 0 heterocycles. The summed E-state index contributed by atoms with van der Waals surface area (Å²) in [5, 5.41) is 0. The van der Waals surface area contributed by atoms with Crippen LogP contribution in [-0.2, 0) is 12.8 Å². The first-order valence-electron chi connectivity index (χ1n) is 11.0. The molecule has 0 fully saturated rings. The average molecular weight is 419 g/mol. The summed E-state index contributed by atoms with van der Waals surface area (Å²) in [6.45, 7) is 0. The summed E-state index contributed by atoms with van der Waals surface area (Å²) >= 11 is 0. The number of hydrogen-bond donors (Lipinski definition) is 0. The molecule has 0 aliphatic rings. The Morgan fingerprint density at radius 3 is 1.03 bits per heavy atom. The van der Waals surface area contributed by atoms with Crippen molar-refractivity contribution in [3.05, 3.63) is 144 Å². The molecule has 0 amide bonds. The minimum atomic E-state index is -0.465. The van der Waals surface area contributed by atoms with Crippen molar-refractivity contribution in [2.24, 2.45) is 11.8 Å². The Morgan fingerprint density at radius 1 is 0.438 bits per heavy atom. The molecule has 0 aromatic heterocycles. The molecule has 0 saturated carbocycles. The fraction of sp³-hybridized carbons (Fsp3) is 0.133. The first-order chi connectivity index (χ1) is 15.7. The molecule has 2 unspecified atom stereocenters. The zero-order valence-corrected chi connectivity index (χ0v) is 17.9. The molecule has 2 heteroatoms. The molecule has 4 aromatic rings. The molecule has 0 saturated heterocycles. The zero-order chi connectivity index (χ0) is 22.2. The van der Waals surface area contributed by atoms with Gasteiger partial charge < -0.3 is 0 Å². The molecule has 2 nitrogen and oxygen atoms in total. The van der Waals surface area contributed by atoms with Crippen LogP contribution in [0.3, 0.4) is 0 Å². The lowest BCUT2D eigenvalue weighted by Crippen LogP contribution is -2.33. The molecule has 0 spiro atoms. The quantitative estimate of drug-likeness (QED) is 0.292. The minimum Gasteiger partial charge on any atom is -0.294 e. The van der Waals surface area contributed by atoms with Crippen molar-refractivity contribution in [2.45, 2.75) is 12.8 Å². The maximum Gasteiger partial charge on any atom is 0.167 e. The molecule has 0 N–H and O–H groups in total. The van der Waals surface area contributed by atoms with E-state index in [4.69, 9.17) is 0 Å². The van der Waals surface area contributed by atoms with Crippen molar-refractivity contribution in [3.63, 3.8) is 0 Å². The van der Waals surface area contributed by atoms with Gasteiger partial charge in [0.1, 0.15) is 0 Å². The number of hydrogen-bond acceptors (Lipinski definition) is 2. The highest BCUT2D eigenvalue weighted by molar-refractivity contribution is 6.05. The molecule has 4 rings (SSSR count). The van der Waals surface area contributed by atoms with Gasteiger partial charge in [-0.2, -0.15) is 0 Å². The average Bonchev–Trinajstić information content (AvgIpc) is 2.87. The molecule has 0 aliphatic carbocycles. The van der Waals surface area contributed by atoms with E-state index in [9.17, 15) is 9.59 Å². The Bertz CT molecular complexity index is 1040. The first kappa shape index (κ1) is 21.5. The van der Waals surface area contributed by atoms with Crippen molar-refractivity contribution < 1.29 is 9.59 Å². The van der Waals surface area contributed by atoms with E-state index in [1.807, 2.05) is 121 Å². The molecule has 4 aromatic carbocycles. The van der Waals surface area contributed by atoms with Crippen molar-refractivity contribution >= 4 is 11.6 Å². The van der Waals surface area contributed by atoms with Crippen molar-refractivity contribution in [1.82, 2.24) is 0 Å². The van der Waals surface area contributed by atoms with Gasteiger partial charge in [-0.05, 0) is 24.0 Å². The van der Waals surface area contributed by atoms with Gasteiger partial charge in [0.25, 0.3) is 0 Å². The maximum atomic E-state index is 13.8. The third-order valence-corrected chi connectivity index (χ3v) is 5.87. The van der Waals surface area contributed by atoms with Gasteiger partial charge >= 0.3 is 0 Å². The molecule has 0 bridgehead atoms. The van der Waals surface area contributed by atoms with E-state index in [-0.39, 0.29) is 11.6 Å². The summed E-state index contributed by atoms with van der Waals surface area (Å²) in [5.41, 5.74) is 3.40. The second-order valence-electron chi connectivity index (χ2n) is 8.05. The Kier molecular flexibility index (Phi) is 7.04. The third-order valence-electron chi connectivity index (χ3n) is 5.87. The van der Waals surface area contributed by atoms with Gasteiger partial charge in [0.15, 0.2) is 11.6 Å². The van der Waals surface area contributed by atoms with Crippen molar-refractivity contribution in [2.75, 3.05) is 0 Å². The van der Waals surface area contributed by atoms with Crippen LogP contribution in [0.25, 0.3) is 0 Å². The Morgan fingerprint density at radius 2 is 0.719 bits per heavy atom. The molecule has 2 atom stereocenters. The van der Waals surface area contributed by atoms with Crippen LogP contribution < -0.4 is 0 Å². The Labute approximate surface area is 189 Å². The number of carbonyl (C=O) groups is 2. The predicted octanol–water partition coefficient (Wildman–Crippen LogP) is 6.47. The molecule has 32 heavy (non-hydrogen) atoms. The summed E-state index contributed by atoms with van der Waals surface area (Å²) < 4.78 is 0. The van der Waals surface area contributed by atoms with E-state index < -0.39 is 11.8 Å². The predicted molar refractivity (Wildman–Crippen MR) is 129 cm³/mol. The van der Waals surface area contributed by atoms with E-state index in [1.165, 1.54) is 0 Å². The van der Waals surface area contributed by atoms with Gasteiger partial charge in [0.2, 0.25) is 0 Å². The minimum absolute atomic E-state index is 0.0136. The zero-order valence-electron chi connectivity index (χ0n) is 17.9. The largest absolute Gasteiger partial charge is 0.294 e. The number of rotatable bonds is 9. The van der Waals surface area contributed by atoms with Gasteiger partial charge in [0.05, 0.1) is 0 Å². The summed E-state index contributed by atoms with van der Waals surface area (Å²) in [5.74, 6) is -0.903. The van der Waals surface area contributed by atoms with Crippen LogP contribution in [0.5, 0.6) is 0 Å². The molecule has 158 valence electrons. The van der Waals surface area contributed by atoms with Crippen LogP contribution in [0.1, 0.15) is 31.8 Å². The van der Waals surface area contributed by atoms with Crippen LogP contribution >= 0.6 is 0 Å². The molecule has 0 aliphatic heterocycles. The van der Waals surface area contributed by atoms with Gasteiger partial charge in [0, 0.05) is 23.0 Å². The second kappa shape index (κ2) is 10.5. The smallest absolute Gasteiger partial charge is 0.167 e. The van der Waals surface area contributed by atoms with Crippen LogP contribution in [0, 0.1) is 11.8 Å². The highest BCUT2D eigenvalue weighted by Gasteiger charge is 2.34. The fourth-order valence-electron chi connectivity index (χ4n) is 4.20. The van der Waals surface area contributed by atoms with Gasteiger partial charge in [-0.3, -0.25) is 9.59 Å². The molecular weight excluding hydrogens is 392 g/mol. The van der Waals surface area contributed by atoms with E-state index in [2.05, 4.69) is 0 Å².